The van der Waals surface area contributed by atoms with Crippen LogP contribution in [0.25, 0.3) is 0 Å². The number of hydrogen-bond acceptors (Lipinski definition) is 4. The van der Waals surface area contributed by atoms with E-state index in [0.717, 1.165) is 12.8 Å². The molecule has 12 heavy (non-hydrogen) atoms. The summed E-state index contributed by atoms with van der Waals surface area (Å²) in [5.74, 6) is -0.238. The number of rotatable bonds is 6. The van der Waals surface area contributed by atoms with E-state index in [4.69, 9.17) is 11.5 Å². The molecule has 1 atom stereocenters. The van der Waals surface area contributed by atoms with Crippen molar-refractivity contribution in [2.24, 2.45) is 17.4 Å². The molecule has 0 heterocycles. The van der Waals surface area contributed by atoms with Crippen LogP contribution in [0.2, 0.25) is 0 Å². The van der Waals surface area contributed by atoms with Gasteiger partial charge in [-0.1, -0.05) is 0 Å². The van der Waals surface area contributed by atoms with E-state index in [9.17, 15) is 4.79 Å². The van der Waals surface area contributed by atoms with Crippen molar-refractivity contribution in [3.05, 3.63) is 0 Å². The summed E-state index contributed by atoms with van der Waals surface area (Å²) in [4.78, 5) is 11.1. The van der Waals surface area contributed by atoms with E-state index in [-0.39, 0.29) is 11.9 Å². The number of ether oxygens (including phenoxy) is 1. The van der Waals surface area contributed by atoms with Crippen LogP contribution in [0.4, 0.5) is 0 Å². The molecule has 0 saturated carbocycles. The minimum absolute atomic E-state index is 0.0662. The maximum Gasteiger partial charge on any atom is 0.308 e. The lowest BCUT2D eigenvalue weighted by Gasteiger charge is -2.12. The second-order valence-corrected chi connectivity index (χ2v) is 2.73. The molecule has 4 N–H and O–H groups in total. The summed E-state index contributed by atoms with van der Waals surface area (Å²) >= 11 is 0. The summed E-state index contributed by atoms with van der Waals surface area (Å²) in [7, 11) is 1.40. The van der Waals surface area contributed by atoms with Crippen LogP contribution in [0.5, 0.6) is 0 Å². The molecule has 0 aliphatic carbocycles. The van der Waals surface area contributed by atoms with E-state index < -0.39 is 0 Å². The van der Waals surface area contributed by atoms with Gasteiger partial charge in [0.15, 0.2) is 0 Å². The molecule has 0 aliphatic rings. The molecule has 4 heteroatoms. The Morgan fingerprint density at radius 1 is 1.33 bits per heavy atom. The highest BCUT2D eigenvalue weighted by Crippen LogP contribution is 2.11. The van der Waals surface area contributed by atoms with E-state index >= 15 is 0 Å². The monoisotopic (exact) mass is 174 g/mol. The van der Waals surface area contributed by atoms with Crippen LogP contribution in [-0.4, -0.2) is 26.2 Å². The Balaban J connectivity index is 3.76. The highest BCUT2D eigenvalue weighted by Gasteiger charge is 2.16. The lowest BCUT2D eigenvalue weighted by molar-refractivity contribution is -0.145. The molecule has 4 nitrogen and oxygen atoms in total. The highest BCUT2D eigenvalue weighted by molar-refractivity contribution is 5.72. The third-order valence-electron chi connectivity index (χ3n) is 1.81. The molecule has 0 aromatic heterocycles. The molecule has 0 aromatic rings. The molecule has 0 aliphatic heterocycles. The molecule has 72 valence electrons. The zero-order valence-electron chi connectivity index (χ0n) is 7.58. The maximum atomic E-state index is 11.1. The van der Waals surface area contributed by atoms with Crippen molar-refractivity contribution in [2.45, 2.75) is 19.3 Å². The van der Waals surface area contributed by atoms with E-state index in [2.05, 4.69) is 4.74 Å². The van der Waals surface area contributed by atoms with E-state index in [0.29, 0.717) is 19.5 Å². The number of hydrogen-bond donors (Lipinski definition) is 2. The van der Waals surface area contributed by atoms with Gasteiger partial charge in [-0.2, -0.15) is 0 Å². The minimum atomic E-state index is -0.172. The van der Waals surface area contributed by atoms with Gasteiger partial charge in [0.25, 0.3) is 0 Å². The first-order valence-corrected chi connectivity index (χ1v) is 4.24. The number of carbonyl (C=O) groups excluding carboxylic acids is 1. The van der Waals surface area contributed by atoms with E-state index in [1.807, 2.05) is 0 Å². The quantitative estimate of drug-likeness (QED) is 0.549. The minimum Gasteiger partial charge on any atom is -0.469 e. The van der Waals surface area contributed by atoms with E-state index in [1.165, 1.54) is 7.11 Å². The largest absolute Gasteiger partial charge is 0.469 e. The van der Waals surface area contributed by atoms with Gasteiger partial charge in [0.2, 0.25) is 0 Å². The highest BCUT2D eigenvalue weighted by atomic mass is 16.5. The topological polar surface area (TPSA) is 78.3 Å². The van der Waals surface area contributed by atoms with Gasteiger partial charge in [-0.3, -0.25) is 4.79 Å². The van der Waals surface area contributed by atoms with Crippen LogP contribution in [-0.2, 0) is 9.53 Å². The average Bonchev–Trinajstić information content (AvgIpc) is 2.11. The molecule has 0 radical (unpaired) electrons. The SMILES string of the molecule is COC(=O)C(CCN)CCCN. The fraction of sp³-hybridized carbons (Fsp3) is 0.875. The first-order valence-electron chi connectivity index (χ1n) is 4.24. The van der Waals surface area contributed by atoms with Gasteiger partial charge in [-0.25, -0.2) is 0 Å². The van der Waals surface area contributed by atoms with Crippen LogP contribution in [0.3, 0.4) is 0 Å². The average molecular weight is 174 g/mol. The third-order valence-corrected chi connectivity index (χ3v) is 1.81. The van der Waals surface area contributed by atoms with Gasteiger partial charge in [0.1, 0.15) is 0 Å². The Kier molecular flexibility index (Phi) is 6.70. The van der Waals surface area contributed by atoms with Crippen LogP contribution in [0, 0.1) is 5.92 Å². The van der Waals surface area contributed by atoms with Crippen LogP contribution < -0.4 is 11.5 Å². The molecule has 0 amide bonds. The Morgan fingerprint density at radius 2 is 2.00 bits per heavy atom. The molecular weight excluding hydrogens is 156 g/mol. The Morgan fingerprint density at radius 3 is 2.42 bits per heavy atom. The Labute approximate surface area is 73.2 Å². The van der Waals surface area contributed by atoms with Crippen molar-refractivity contribution >= 4 is 5.97 Å². The second-order valence-electron chi connectivity index (χ2n) is 2.73. The summed E-state index contributed by atoms with van der Waals surface area (Å²) < 4.78 is 4.63. The molecule has 0 aromatic carbocycles. The predicted molar refractivity (Wildman–Crippen MR) is 47.5 cm³/mol. The van der Waals surface area contributed by atoms with Gasteiger partial charge in [-0.05, 0) is 32.4 Å². The lowest BCUT2D eigenvalue weighted by atomic mass is 10.00. The van der Waals surface area contributed by atoms with Crippen molar-refractivity contribution in [1.29, 1.82) is 0 Å². The summed E-state index contributed by atoms with van der Waals surface area (Å²) in [6.07, 6.45) is 2.31. The molecule has 0 spiro atoms. The first-order chi connectivity index (χ1) is 5.76. The van der Waals surface area contributed by atoms with Crippen LogP contribution >= 0.6 is 0 Å². The number of nitrogens with two attached hydrogens (primary N) is 2. The van der Waals surface area contributed by atoms with Crippen molar-refractivity contribution in [2.75, 3.05) is 20.2 Å². The van der Waals surface area contributed by atoms with Crippen molar-refractivity contribution in [3.63, 3.8) is 0 Å². The summed E-state index contributed by atoms with van der Waals surface area (Å²) in [5, 5.41) is 0. The first kappa shape index (κ1) is 11.4. The molecule has 0 rings (SSSR count). The van der Waals surface area contributed by atoms with Gasteiger partial charge in [0.05, 0.1) is 13.0 Å². The molecule has 0 bridgehead atoms. The summed E-state index contributed by atoms with van der Waals surface area (Å²) in [5.41, 5.74) is 10.7. The van der Waals surface area contributed by atoms with Crippen molar-refractivity contribution in [1.82, 2.24) is 0 Å². The second kappa shape index (κ2) is 7.06. The lowest BCUT2D eigenvalue weighted by Crippen LogP contribution is -2.20. The van der Waals surface area contributed by atoms with Gasteiger partial charge in [0, 0.05) is 0 Å². The number of esters is 1. The fourth-order valence-corrected chi connectivity index (χ4v) is 1.11. The zero-order valence-corrected chi connectivity index (χ0v) is 7.58. The predicted octanol–water partition coefficient (Wildman–Crippen LogP) is -0.137. The molecule has 0 fully saturated rings. The summed E-state index contributed by atoms with van der Waals surface area (Å²) in [6, 6.07) is 0. The normalized spacial score (nSPS) is 12.6. The summed E-state index contributed by atoms with van der Waals surface area (Å²) in [6.45, 7) is 1.13. The van der Waals surface area contributed by atoms with Gasteiger partial charge < -0.3 is 16.2 Å². The van der Waals surface area contributed by atoms with Crippen LogP contribution in [0.15, 0.2) is 0 Å². The Hall–Kier alpha value is -0.610. The smallest absolute Gasteiger partial charge is 0.308 e. The van der Waals surface area contributed by atoms with Crippen LogP contribution in [0.1, 0.15) is 19.3 Å². The third kappa shape index (κ3) is 4.31. The molecule has 0 saturated heterocycles. The Bertz CT molecular complexity index is 128. The zero-order chi connectivity index (χ0) is 9.40. The van der Waals surface area contributed by atoms with Gasteiger partial charge in [-0.15, -0.1) is 0 Å². The fourth-order valence-electron chi connectivity index (χ4n) is 1.11. The number of methoxy groups -OCH3 is 1. The maximum absolute atomic E-state index is 11.1. The van der Waals surface area contributed by atoms with Crippen molar-refractivity contribution in [3.8, 4) is 0 Å². The standard InChI is InChI=1S/C8H18N2O2/c1-12-8(11)7(4-6-10)3-2-5-9/h7H,2-6,9-10H2,1H3. The molecule has 1 unspecified atom stereocenters. The van der Waals surface area contributed by atoms with Crippen molar-refractivity contribution < 1.29 is 9.53 Å². The van der Waals surface area contributed by atoms with Gasteiger partial charge >= 0.3 is 5.97 Å². The number of carbonyl (C=O) groups is 1. The van der Waals surface area contributed by atoms with E-state index in [1.54, 1.807) is 0 Å². The molecular formula is C8H18N2O2.